The molecule has 2 heteroatoms. The van der Waals surface area contributed by atoms with Gasteiger partial charge < -0.3 is 5.73 Å². The fourth-order valence-electron chi connectivity index (χ4n) is 1.66. The smallest absolute Gasteiger partial charge is 0.0104 e. The van der Waals surface area contributed by atoms with Gasteiger partial charge in [0.2, 0.25) is 0 Å². The molecule has 0 aliphatic carbocycles. The third kappa shape index (κ3) is 4.18. The highest BCUT2D eigenvalue weighted by Gasteiger charge is 2.07. The average molecular weight is 237 g/mol. The minimum atomic E-state index is 0.616. The second kappa shape index (κ2) is 6.97. The first-order chi connectivity index (χ1) is 7.67. The maximum absolute atomic E-state index is 5.61. The molecule has 1 aromatic carbocycles. The largest absolute Gasteiger partial charge is 0.330 e. The minimum absolute atomic E-state index is 0.616. The average Bonchev–Trinajstić information content (AvgIpc) is 2.29. The Morgan fingerprint density at radius 3 is 2.25 bits per heavy atom. The summed E-state index contributed by atoms with van der Waals surface area (Å²) < 4.78 is 0. The van der Waals surface area contributed by atoms with E-state index in [-0.39, 0.29) is 0 Å². The van der Waals surface area contributed by atoms with Crippen LogP contribution in [0.3, 0.4) is 0 Å². The summed E-state index contributed by atoms with van der Waals surface area (Å²) >= 11 is 1.95. The summed E-state index contributed by atoms with van der Waals surface area (Å²) in [5, 5.41) is 0.662. The fourth-order valence-corrected chi connectivity index (χ4v) is 2.75. The second-order valence-corrected chi connectivity index (χ2v) is 5.82. The third-order valence-corrected chi connectivity index (χ3v) is 4.24. The molecule has 1 atom stereocenters. The minimum Gasteiger partial charge on any atom is -0.330 e. The molecule has 0 aromatic heterocycles. The Morgan fingerprint density at radius 2 is 1.81 bits per heavy atom. The number of hydrogen-bond acceptors (Lipinski definition) is 2. The highest BCUT2D eigenvalue weighted by Crippen LogP contribution is 2.28. The highest BCUT2D eigenvalue weighted by atomic mass is 32.2. The molecule has 1 aromatic rings. The Balaban J connectivity index is 2.60. The molecular weight excluding hydrogens is 214 g/mol. The summed E-state index contributed by atoms with van der Waals surface area (Å²) in [4.78, 5) is 1.37. The molecule has 1 unspecified atom stereocenters. The molecule has 0 aliphatic rings. The van der Waals surface area contributed by atoms with Crippen LogP contribution in [0.15, 0.2) is 29.2 Å². The summed E-state index contributed by atoms with van der Waals surface area (Å²) in [5.41, 5.74) is 7.02. The molecule has 0 amide bonds. The molecule has 2 N–H and O–H groups in total. The number of hydrogen-bond donors (Lipinski definition) is 1. The summed E-state index contributed by atoms with van der Waals surface area (Å²) in [6.07, 6.45) is 2.29. The van der Waals surface area contributed by atoms with Gasteiger partial charge in [0.15, 0.2) is 0 Å². The van der Waals surface area contributed by atoms with Crippen molar-refractivity contribution in [3.8, 4) is 0 Å². The van der Waals surface area contributed by atoms with Crippen molar-refractivity contribution in [3.63, 3.8) is 0 Å². The van der Waals surface area contributed by atoms with E-state index in [4.69, 9.17) is 5.73 Å². The van der Waals surface area contributed by atoms with E-state index in [1.807, 2.05) is 11.8 Å². The molecule has 0 saturated carbocycles. The molecule has 16 heavy (non-hydrogen) atoms. The Bertz CT molecular complexity index is 292. The van der Waals surface area contributed by atoms with E-state index in [2.05, 4.69) is 45.0 Å². The van der Waals surface area contributed by atoms with Crippen LogP contribution in [-0.2, 0) is 0 Å². The number of benzene rings is 1. The van der Waals surface area contributed by atoms with Crippen LogP contribution < -0.4 is 5.73 Å². The zero-order chi connectivity index (χ0) is 12.0. The molecule has 90 valence electrons. The summed E-state index contributed by atoms with van der Waals surface area (Å²) in [6, 6.07) is 8.95. The van der Waals surface area contributed by atoms with Gasteiger partial charge in [0, 0.05) is 10.1 Å². The number of rotatable bonds is 6. The molecule has 1 rings (SSSR count). The Labute approximate surface area is 104 Å². The van der Waals surface area contributed by atoms with Crippen molar-refractivity contribution in [2.45, 2.75) is 49.7 Å². The summed E-state index contributed by atoms with van der Waals surface area (Å²) in [5.74, 6) is 0.616. The van der Waals surface area contributed by atoms with Gasteiger partial charge in [0.25, 0.3) is 0 Å². The number of nitrogens with two attached hydrogens (primary N) is 1. The molecule has 0 fully saturated rings. The molecular formula is C14H23NS. The van der Waals surface area contributed by atoms with Crippen LogP contribution in [0.25, 0.3) is 0 Å². The third-order valence-electron chi connectivity index (χ3n) is 2.79. The highest BCUT2D eigenvalue weighted by molar-refractivity contribution is 8.00. The molecule has 0 spiro atoms. The van der Waals surface area contributed by atoms with Crippen LogP contribution in [0.5, 0.6) is 0 Å². The molecule has 0 bridgehead atoms. The van der Waals surface area contributed by atoms with Crippen LogP contribution in [0.2, 0.25) is 0 Å². The summed E-state index contributed by atoms with van der Waals surface area (Å²) in [7, 11) is 0. The first kappa shape index (κ1) is 13.6. The first-order valence-electron chi connectivity index (χ1n) is 6.14. The molecule has 0 saturated heterocycles. The predicted octanol–water partition coefficient (Wildman–Crippen LogP) is 4.03. The Hall–Kier alpha value is -0.470. The van der Waals surface area contributed by atoms with E-state index in [1.165, 1.54) is 16.9 Å². The van der Waals surface area contributed by atoms with E-state index in [0.29, 0.717) is 11.2 Å². The summed E-state index contributed by atoms with van der Waals surface area (Å²) in [6.45, 7) is 7.47. The van der Waals surface area contributed by atoms with Crippen LogP contribution in [0.4, 0.5) is 0 Å². The lowest BCUT2D eigenvalue weighted by Gasteiger charge is -2.14. The monoisotopic (exact) mass is 237 g/mol. The van der Waals surface area contributed by atoms with E-state index >= 15 is 0 Å². The maximum Gasteiger partial charge on any atom is 0.0104 e. The topological polar surface area (TPSA) is 26.0 Å². The van der Waals surface area contributed by atoms with Crippen molar-refractivity contribution in [3.05, 3.63) is 29.8 Å². The van der Waals surface area contributed by atoms with Crippen LogP contribution in [0.1, 0.15) is 45.1 Å². The lowest BCUT2D eigenvalue weighted by atomic mass is 10.0. The predicted molar refractivity (Wildman–Crippen MR) is 74.1 cm³/mol. The quantitative estimate of drug-likeness (QED) is 0.756. The van der Waals surface area contributed by atoms with Gasteiger partial charge in [-0.2, -0.15) is 0 Å². The number of thioether (sulfide) groups is 1. The first-order valence-corrected chi connectivity index (χ1v) is 7.02. The standard InChI is InChI=1S/C14H23NS/c1-4-13(9-10-15)16-14-7-5-12(6-8-14)11(2)3/h5-8,11,13H,4,9-10,15H2,1-3H3. The van der Waals surface area contributed by atoms with E-state index < -0.39 is 0 Å². The Morgan fingerprint density at radius 1 is 1.19 bits per heavy atom. The van der Waals surface area contributed by atoms with E-state index in [1.54, 1.807) is 0 Å². The van der Waals surface area contributed by atoms with Gasteiger partial charge in [0.05, 0.1) is 0 Å². The zero-order valence-corrected chi connectivity index (χ0v) is 11.4. The van der Waals surface area contributed by atoms with Gasteiger partial charge >= 0.3 is 0 Å². The van der Waals surface area contributed by atoms with Crippen LogP contribution >= 0.6 is 11.8 Å². The molecule has 0 radical (unpaired) electrons. The van der Waals surface area contributed by atoms with Gasteiger partial charge in [-0.3, -0.25) is 0 Å². The van der Waals surface area contributed by atoms with Crippen molar-refractivity contribution in [2.75, 3.05) is 6.54 Å². The van der Waals surface area contributed by atoms with Crippen molar-refractivity contribution < 1.29 is 0 Å². The van der Waals surface area contributed by atoms with Gasteiger partial charge in [-0.15, -0.1) is 11.8 Å². The fraction of sp³-hybridized carbons (Fsp3) is 0.571. The lowest BCUT2D eigenvalue weighted by Crippen LogP contribution is -2.09. The molecule has 1 nitrogen and oxygen atoms in total. The van der Waals surface area contributed by atoms with Crippen molar-refractivity contribution in [1.29, 1.82) is 0 Å². The van der Waals surface area contributed by atoms with Gasteiger partial charge in [-0.1, -0.05) is 32.9 Å². The lowest BCUT2D eigenvalue weighted by molar-refractivity contribution is 0.745. The molecule has 0 aliphatic heterocycles. The molecule has 0 heterocycles. The van der Waals surface area contributed by atoms with Crippen molar-refractivity contribution in [1.82, 2.24) is 0 Å². The van der Waals surface area contributed by atoms with Crippen molar-refractivity contribution >= 4 is 11.8 Å². The maximum atomic E-state index is 5.61. The Kier molecular flexibility index (Phi) is 5.93. The van der Waals surface area contributed by atoms with Crippen LogP contribution in [-0.4, -0.2) is 11.8 Å². The van der Waals surface area contributed by atoms with E-state index in [0.717, 1.165) is 13.0 Å². The van der Waals surface area contributed by atoms with Crippen LogP contribution in [0, 0.1) is 0 Å². The van der Waals surface area contributed by atoms with Crippen molar-refractivity contribution in [2.24, 2.45) is 5.73 Å². The SMILES string of the molecule is CCC(CCN)Sc1ccc(C(C)C)cc1. The van der Waals surface area contributed by atoms with Gasteiger partial charge in [-0.25, -0.2) is 0 Å². The zero-order valence-electron chi connectivity index (χ0n) is 10.6. The van der Waals surface area contributed by atoms with Gasteiger partial charge in [-0.05, 0) is 43.0 Å². The second-order valence-electron chi connectivity index (χ2n) is 4.45. The van der Waals surface area contributed by atoms with Gasteiger partial charge in [0.1, 0.15) is 0 Å². The van der Waals surface area contributed by atoms with E-state index in [9.17, 15) is 0 Å². The normalized spacial score (nSPS) is 13.1.